The van der Waals surface area contributed by atoms with E-state index in [0.29, 0.717) is 5.82 Å². The van der Waals surface area contributed by atoms with Gasteiger partial charge in [0.2, 0.25) is 0 Å². The first kappa shape index (κ1) is 11.4. The maximum Gasteiger partial charge on any atom is 0.138 e. The smallest absolute Gasteiger partial charge is 0.138 e. The van der Waals surface area contributed by atoms with Crippen LogP contribution in [0.5, 0.6) is 0 Å². The standard InChI is InChI=1S/C12H13BrN2O/c1-12(2,16)8-4-3-7-5-9(13)11(14)15-10(7)6-8/h3-6,16H,1-2H3,(H2,14,15). The van der Waals surface area contributed by atoms with Crippen molar-refractivity contribution in [2.75, 3.05) is 5.73 Å². The molecule has 0 amide bonds. The summed E-state index contributed by atoms with van der Waals surface area (Å²) < 4.78 is 0.788. The SMILES string of the molecule is CC(C)(O)c1ccc2cc(Br)c(N)nc2c1. The van der Waals surface area contributed by atoms with Gasteiger partial charge in [-0.1, -0.05) is 12.1 Å². The van der Waals surface area contributed by atoms with Gasteiger partial charge < -0.3 is 10.8 Å². The molecule has 0 saturated carbocycles. The number of nitrogens with zero attached hydrogens (tertiary/aromatic N) is 1. The molecular weight excluding hydrogens is 268 g/mol. The summed E-state index contributed by atoms with van der Waals surface area (Å²) in [7, 11) is 0. The van der Waals surface area contributed by atoms with E-state index >= 15 is 0 Å². The molecule has 84 valence electrons. The summed E-state index contributed by atoms with van der Waals surface area (Å²) >= 11 is 3.34. The van der Waals surface area contributed by atoms with Crippen molar-refractivity contribution >= 4 is 32.7 Å². The van der Waals surface area contributed by atoms with Crippen LogP contribution in [0.25, 0.3) is 10.9 Å². The zero-order chi connectivity index (χ0) is 11.9. The lowest BCUT2D eigenvalue weighted by molar-refractivity contribution is 0.0787. The molecule has 3 N–H and O–H groups in total. The van der Waals surface area contributed by atoms with E-state index in [1.165, 1.54) is 0 Å². The first-order valence-electron chi connectivity index (χ1n) is 4.96. The van der Waals surface area contributed by atoms with Crippen molar-refractivity contribution in [2.24, 2.45) is 0 Å². The second-order valence-electron chi connectivity index (χ2n) is 4.32. The summed E-state index contributed by atoms with van der Waals surface area (Å²) in [5.41, 5.74) is 6.48. The van der Waals surface area contributed by atoms with Crippen LogP contribution in [-0.4, -0.2) is 10.1 Å². The van der Waals surface area contributed by atoms with Gasteiger partial charge in [0.15, 0.2) is 0 Å². The summed E-state index contributed by atoms with van der Waals surface area (Å²) in [5, 5.41) is 10.9. The predicted octanol–water partition coefficient (Wildman–Crippen LogP) is 2.81. The molecule has 1 aromatic carbocycles. The highest BCUT2D eigenvalue weighted by molar-refractivity contribution is 9.10. The molecule has 2 rings (SSSR count). The van der Waals surface area contributed by atoms with Gasteiger partial charge in [0.1, 0.15) is 5.82 Å². The van der Waals surface area contributed by atoms with Crippen molar-refractivity contribution in [3.8, 4) is 0 Å². The summed E-state index contributed by atoms with van der Waals surface area (Å²) in [6.45, 7) is 3.49. The van der Waals surface area contributed by atoms with Gasteiger partial charge >= 0.3 is 0 Å². The van der Waals surface area contributed by atoms with Crippen LogP contribution >= 0.6 is 15.9 Å². The maximum atomic E-state index is 9.90. The minimum atomic E-state index is -0.863. The highest BCUT2D eigenvalue weighted by Crippen LogP contribution is 2.27. The molecule has 4 heteroatoms. The van der Waals surface area contributed by atoms with Crippen LogP contribution in [0, 0.1) is 0 Å². The van der Waals surface area contributed by atoms with Crippen LogP contribution in [0.4, 0.5) is 5.82 Å². The average Bonchev–Trinajstić information content (AvgIpc) is 2.17. The molecule has 0 aliphatic rings. The lowest BCUT2D eigenvalue weighted by Crippen LogP contribution is -2.15. The van der Waals surface area contributed by atoms with Crippen LogP contribution in [0.15, 0.2) is 28.7 Å². The van der Waals surface area contributed by atoms with Gasteiger partial charge in [-0.05, 0) is 47.5 Å². The Labute approximate surface area is 102 Å². The molecule has 0 spiro atoms. The van der Waals surface area contributed by atoms with E-state index in [2.05, 4.69) is 20.9 Å². The van der Waals surface area contributed by atoms with Gasteiger partial charge in [-0.15, -0.1) is 0 Å². The molecule has 0 unspecified atom stereocenters. The number of hydrogen-bond acceptors (Lipinski definition) is 3. The van der Waals surface area contributed by atoms with Crippen molar-refractivity contribution in [3.05, 3.63) is 34.3 Å². The van der Waals surface area contributed by atoms with Crippen molar-refractivity contribution in [3.63, 3.8) is 0 Å². The van der Waals surface area contributed by atoms with Crippen molar-refractivity contribution in [2.45, 2.75) is 19.4 Å². The molecule has 2 aromatic rings. The fraction of sp³-hybridized carbons (Fsp3) is 0.250. The Balaban J connectivity index is 2.67. The van der Waals surface area contributed by atoms with Gasteiger partial charge in [-0.3, -0.25) is 0 Å². The third-order valence-corrected chi connectivity index (χ3v) is 3.14. The molecule has 0 bridgehead atoms. The molecule has 0 atom stereocenters. The molecular formula is C12H13BrN2O. The monoisotopic (exact) mass is 280 g/mol. The lowest BCUT2D eigenvalue weighted by Gasteiger charge is -2.18. The Morgan fingerprint density at radius 2 is 2.00 bits per heavy atom. The molecule has 0 radical (unpaired) electrons. The van der Waals surface area contributed by atoms with E-state index < -0.39 is 5.60 Å². The Morgan fingerprint density at radius 3 is 2.62 bits per heavy atom. The second kappa shape index (κ2) is 3.71. The van der Waals surface area contributed by atoms with Gasteiger partial charge in [-0.2, -0.15) is 0 Å². The predicted molar refractivity (Wildman–Crippen MR) is 69.1 cm³/mol. The highest BCUT2D eigenvalue weighted by Gasteiger charge is 2.16. The number of aliphatic hydroxyl groups is 1. The quantitative estimate of drug-likeness (QED) is 0.845. The number of nitrogen functional groups attached to an aromatic ring is 1. The average molecular weight is 281 g/mol. The number of fused-ring (bicyclic) bond motifs is 1. The minimum Gasteiger partial charge on any atom is -0.386 e. The number of anilines is 1. The topological polar surface area (TPSA) is 59.1 Å². The Hall–Kier alpha value is -1.13. The van der Waals surface area contributed by atoms with E-state index in [1.807, 2.05) is 24.3 Å². The maximum absolute atomic E-state index is 9.90. The summed E-state index contributed by atoms with van der Waals surface area (Å²) in [5.74, 6) is 0.459. The number of rotatable bonds is 1. The van der Waals surface area contributed by atoms with Crippen molar-refractivity contribution < 1.29 is 5.11 Å². The number of benzene rings is 1. The van der Waals surface area contributed by atoms with Crippen LogP contribution in [0.3, 0.4) is 0 Å². The first-order valence-corrected chi connectivity index (χ1v) is 5.76. The Bertz CT molecular complexity index is 546. The van der Waals surface area contributed by atoms with Crippen molar-refractivity contribution in [1.29, 1.82) is 0 Å². The van der Waals surface area contributed by atoms with E-state index in [0.717, 1.165) is 20.9 Å². The molecule has 3 nitrogen and oxygen atoms in total. The number of hydrogen-bond donors (Lipinski definition) is 2. The van der Waals surface area contributed by atoms with Gasteiger partial charge in [0.05, 0.1) is 15.6 Å². The minimum absolute atomic E-state index is 0.459. The molecule has 0 aliphatic heterocycles. The van der Waals surface area contributed by atoms with Crippen LogP contribution < -0.4 is 5.73 Å². The van der Waals surface area contributed by atoms with E-state index in [9.17, 15) is 5.11 Å². The molecule has 0 saturated heterocycles. The second-order valence-corrected chi connectivity index (χ2v) is 5.18. The van der Waals surface area contributed by atoms with E-state index in [-0.39, 0.29) is 0 Å². The molecule has 1 aromatic heterocycles. The fourth-order valence-corrected chi connectivity index (χ4v) is 1.87. The normalized spacial score (nSPS) is 12.0. The number of nitrogens with two attached hydrogens (primary N) is 1. The molecule has 0 fully saturated rings. The molecule has 0 aliphatic carbocycles. The van der Waals surface area contributed by atoms with Crippen LogP contribution in [0.1, 0.15) is 19.4 Å². The van der Waals surface area contributed by atoms with Crippen LogP contribution in [0.2, 0.25) is 0 Å². The number of halogens is 1. The third-order valence-electron chi connectivity index (χ3n) is 2.50. The van der Waals surface area contributed by atoms with Gasteiger partial charge in [-0.25, -0.2) is 4.98 Å². The highest BCUT2D eigenvalue weighted by atomic mass is 79.9. The zero-order valence-electron chi connectivity index (χ0n) is 9.16. The number of aromatic nitrogens is 1. The lowest BCUT2D eigenvalue weighted by atomic mass is 9.97. The van der Waals surface area contributed by atoms with Crippen molar-refractivity contribution in [1.82, 2.24) is 4.98 Å². The van der Waals surface area contributed by atoms with Crippen LogP contribution in [-0.2, 0) is 5.60 Å². The zero-order valence-corrected chi connectivity index (χ0v) is 10.7. The molecule has 1 heterocycles. The fourth-order valence-electron chi connectivity index (χ4n) is 1.54. The Kier molecular flexibility index (Phi) is 2.64. The first-order chi connectivity index (χ1) is 7.38. The summed E-state index contributed by atoms with van der Waals surface area (Å²) in [4.78, 5) is 4.27. The van der Waals surface area contributed by atoms with E-state index in [4.69, 9.17) is 5.73 Å². The summed E-state index contributed by atoms with van der Waals surface area (Å²) in [6.07, 6.45) is 0. The largest absolute Gasteiger partial charge is 0.386 e. The van der Waals surface area contributed by atoms with Gasteiger partial charge in [0.25, 0.3) is 0 Å². The van der Waals surface area contributed by atoms with Gasteiger partial charge in [0, 0.05) is 5.39 Å². The third kappa shape index (κ3) is 2.03. The Morgan fingerprint density at radius 1 is 1.31 bits per heavy atom. The number of pyridine rings is 1. The van der Waals surface area contributed by atoms with E-state index in [1.54, 1.807) is 13.8 Å². The summed E-state index contributed by atoms with van der Waals surface area (Å²) in [6, 6.07) is 7.61. The molecule has 16 heavy (non-hydrogen) atoms.